The van der Waals surface area contributed by atoms with E-state index in [2.05, 4.69) is 99.7 Å². The quantitative estimate of drug-likeness (QED) is 0.00566. The zero-order valence-electron chi connectivity index (χ0n) is 75.3. The SMILES string of the molecule is CC[C@H](C)[C@H](NC(=O)[C@H](CCC(=O)O)NC(=O)NNC(=O)[C@H](Cc1c[nH]cn1)NC(=O)[C@H](C)NC(=O)[C@H](C)NC(=O)[C@H](Cc1c[nH]cn1)NC(=O)[C@@H](NC(=O)[C@H](C)NC(=O)[C@H](CCC(N)=O)NC(=O)c1ccc2c(c1)C1(OC2=O)c2ccc(O)cc2Oc2cc(O)ccc21)C(C)C)C(=O)N[C@@H](CC(N)=O)C(=O)N[C@@H](CCC(=O)O)C(=O)N[C@@H](C)C(=O)NCC(=O)N[C@@H](CCCNC(=N)N)C(=O)O. The van der Waals surface area contributed by atoms with Crippen molar-refractivity contribution in [2.75, 3.05) is 13.1 Å². The third-order valence-electron chi connectivity index (χ3n) is 21.5. The zero-order valence-corrected chi connectivity index (χ0v) is 75.3. The number of carbonyl (C=O) groups excluding carboxylic acids is 18. The number of nitrogens with zero attached hydrogens (tertiary/aromatic N) is 2. The number of hydrazine groups is 1. The van der Waals surface area contributed by atoms with Crippen molar-refractivity contribution in [1.82, 2.24) is 111 Å². The number of hydrogen-bond acceptors (Lipinski definition) is 28. The smallest absolute Gasteiger partial charge is 0.340 e. The van der Waals surface area contributed by atoms with E-state index in [1.54, 1.807) is 6.92 Å². The molecule has 0 saturated heterocycles. The van der Waals surface area contributed by atoms with Crippen molar-refractivity contribution in [1.29, 1.82) is 5.41 Å². The largest absolute Gasteiger partial charge is 0.508 e. The summed E-state index contributed by atoms with van der Waals surface area (Å²) in [5.41, 5.74) is 19.3. The third-order valence-corrected chi connectivity index (χ3v) is 21.5. The molecule has 31 N–H and O–H groups in total. The minimum absolute atomic E-state index is 0.0274. The number of nitrogens with one attached hydrogen (secondary N) is 20. The van der Waals surface area contributed by atoms with Crippen molar-refractivity contribution in [2.45, 2.75) is 217 Å². The highest BCUT2D eigenvalue weighted by Crippen LogP contribution is 2.57. The number of benzene rings is 3. The first-order chi connectivity index (χ1) is 64.6. The summed E-state index contributed by atoms with van der Waals surface area (Å²) in [6.45, 7) is 10.1. The van der Waals surface area contributed by atoms with Crippen LogP contribution in [0.1, 0.15) is 168 Å². The lowest BCUT2D eigenvalue weighted by Gasteiger charge is -2.36. The van der Waals surface area contributed by atoms with Gasteiger partial charge in [0.1, 0.15) is 102 Å². The first-order valence-corrected chi connectivity index (χ1v) is 42.9. The predicted molar refractivity (Wildman–Crippen MR) is 471 cm³/mol. The molecule has 2 aliphatic rings. The first-order valence-electron chi connectivity index (χ1n) is 42.9. The average Bonchev–Trinajstić information content (AvgIpc) is 1.57. The van der Waals surface area contributed by atoms with Gasteiger partial charge in [-0.05, 0) is 114 Å². The number of amides is 18. The molecule has 2 aliphatic heterocycles. The van der Waals surface area contributed by atoms with Crippen LogP contribution in [0.25, 0.3) is 0 Å². The van der Waals surface area contributed by atoms with Crippen LogP contribution in [0.5, 0.6) is 23.0 Å². The van der Waals surface area contributed by atoms with Crippen LogP contribution in [0.15, 0.2) is 79.6 Å². The molecule has 740 valence electrons. The molecule has 0 bridgehead atoms. The number of aliphatic carboxylic acids is 3. The van der Waals surface area contributed by atoms with Crippen LogP contribution >= 0.6 is 0 Å². The summed E-state index contributed by atoms with van der Waals surface area (Å²) >= 11 is 0. The van der Waals surface area contributed by atoms with Crippen molar-refractivity contribution in [3.63, 3.8) is 0 Å². The molecule has 3 aromatic carbocycles. The Labute approximate surface area is 779 Å². The molecule has 1 spiro atoms. The van der Waals surface area contributed by atoms with Crippen molar-refractivity contribution < 1.29 is 136 Å². The minimum Gasteiger partial charge on any atom is -0.508 e. The number of carboxylic acid groups (broad SMARTS) is 3. The summed E-state index contributed by atoms with van der Waals surface area (Å²) in [7, 11) is 0. The van der Waals surface area contributed by atoms with E-state index in [1.165, 1.54) is 121 Å². The molecule has 5 aromatic rings. The summed E-state index contributed by atoms with van der Waals surface area (Å²) in [4.78, 5) is 295. The van der Waals surface area contributed by atoms with Gasteiger partial charge in [0.2, 0.25) is 82.7 Å². The van der Waals surface area contributed by atoms with Crippen molar-refractivity contribution in [2.24, 2.45) is 29.0 Å². The van der Waals surface area contributed by atoms with E-state index in [1.807, 2.05) is 10.9 Å². The average molecular weight is 1920 g/mol. The van der Waals surface area contributed by atoms with Gasteiger partial charge in [-0.2, -0.15) is 0 Å². The lowest BCUT2D eigenvalue weighted by Crippen LogP contribution is -2.62. The fourth-order valence-corrected chi connectivity index (χ4v) is 13.9. The van der Waals surface area contributed by atoms with E-state index < -0.39 is 278 Å². The maximum Gasteiger partial charge on any atom is 0.340 e. The van der Waals surface area contributed by atoms with E-state index in [0.29, 0.717) is 0 Å². The normalized spacial score (nSPS) is 14.9. The van der Waals surface area contributed by atoms with Gasteiger partial charge in [-0.15, -0.1) is 0 Å². The van der Waals surface area contributed by atoms with Crippen LogP contribution in [0.3, 0.4) is 0 Å². The Kier molecular flexibility index (Phi) is 39.0. The molecule has 0 saturated carbocycles. The number of imidazole rings is 2. The van der Waals surface area contributed by atoms with Crippen LogP contribution in [-0.4, -0.2) is 267 Å². The fourth-order valence-electron chi connectivity index (χ4n) is 13.9. The topological polar surface area (TPSA) is 842 Å². The summed E-state index contributed by atoms with van der Waals surface area (Å²) in [6, 6.07) is -10.5. The molecule has 53 heteroatoms. The molecule has 53 nitrogen and oxygen atoms in total. The molecule has 14 atom stereocenters. The summed E-state index contributed by atoms with van der Waals surface area (Å²) in [6.07, 6.45) is -0.240. The fraction of sp³-hybridized carbons (Fsp3) is 0.452. The van der Waals surface area contributed by atoms with Crippen LogP contribution in [0, 0.1) is 17.2 Å². The van der Waals surface area contributed by atoms with Gasteiger partial charge >= 0.3 is 29.9 Å². The number of H-pyrrole nitrogens is 2. The van der Waals surface area contributed by atoms with E-state index >= 15 is 0 Å². The third kappa shape index (κ3) is 31.3. The molecule has 0 fully saturated rings. The lowest BCUT2D eigenvalue weighted by molar-refractivity contribution is -0.142. The number of primary amides is 2. The van der Waals surface area contributed by atoms with Crippen LogP contribution in [0.4, 0.5) is 4.79 Å². The van der Waals surface area contributed by atoms with Crippen molar-refractivity contribution in [3.8, 4) is 23.0 Å². The zero-order chi connectivity index (χ0) is 102. The predicted octanol–water partition coefficient (Wildman–Crippen LogP) is -6.16. The molecular formula is C84H111N25O28. The Bertz CT molecular complexity index is 5310. The van der Waals surface area contributed by atoms with Gasteiger partial charge in [0.05, 0.1) is 42.6 Å². The Balaban J connectivity index is 0.945. The Morgan fingerprint density at radius 2 is 0.920 bits per heavy atom. The number of urea groups is 1. The van der Waals surface area contributed by atoms with Gasteiger partial charge in [0.25, 0.3) is 11.8 Å². The van der Waals surface area contributed by atoms with E-state index in [0.717, 1.165) is 6.92 Å². The second-order valence-electron chi connectivity index (χ2n) is 32.5. The van der Waals surface area contributed by atoms with E-state index in [-0.39, 0.29) is 100 Å². The Morgan fingerprint density at radius 3 is 1.43 bits per heavy atom. The van der Waals surface area contributed by atoms with Crippen LogP contribution in [-0.2, 0) is 109 Å². The standard InChI is InChI=1S/C84H111N25O28/c1-9-37(4)66(79(131)104-57(30-61(86)113)76(128)101-52(19-22-63(115)116)73(125)96-38(5)67(119)92-33-62(114)99-54(80(132)133)11-10-24-91-82(87)88)107-74(126)53(20-23-64(117)118)105-83(135)109-108-77(129)56(27-44-32-90-35-94-44)102-69(121)40(7)95-68(120)39(6)98-75(127)55(26-43-31-89-34-93-43)103-78(130)65(36(2)3)106-70(122)41(8)97-72(124)51(18-21-60(85)112)100-71(123)42-12-15-47-50(25-42)84(137-81(47)134)48-16-13-45(110)28-58(48)136-59-29-46(111)14-17-49(59)84/h12-17,25,28-29,31-32,34-41,51-57,65-66,110-111H,9-11,18-24,26-27,30,33H2,1-8H3,(H2,85,112)(H2,86,113)(H,89,93)(H,90,94)(H,92,119)(H,95,120)(H,96,125)(H,97,124)(H,98,127)(H,99,114)(H,100,123)(H,101,128)(H,102,121)(H,103,130)(H,104,131)(H,106,122)(H,107,126)(H,108,129)(H,115,116)(H,117,118)(H,132,133)(H4,87,88,91)(H2,105,109,135)/t37-,38-,39-,40-,41-,51-,52-,53-,54-,55-,56-,57-,65-,66-/m0/s1. The summed E-state index contributed by atoms with van der Waals surface area (Å²) < 4.78 is 12.1. The highest BCUT2D eigenvalue weighted by molar-refractivity contribution is 6.04. The van der Waals surface area contributed by atoms with Crippen molar-refractivity contribution in [3.05, 3.63) is 119 Å². The van der Waals surface area contributed by atoms with Gasteiger partial charge < -0.3 is 142 Å². The van der Waals surface area contributed by atoms with Crippen LogP contribution in [0.2, 0.25) is 0 Å². The second-order valence-corrected chi connectivity index (χ2v) is 32.5. The number of guanidine groups is 1. The molecule has 2 aromatic heterocycles. The lowest BCUT2D eigenvalue weighted by atomic mass is 9.77. The molecular weight excluding hydrogens is 1810 g/mol. The van der Waals surface area contributed by atoms with Gasteiger partial charge in [-0.25, -0.2) is 29.8 Å². The van der Waals surface area contributed by atoms with Gasteiger partial charge in [0.15, 0.2) is 11.6 Å². The number of phenolic OH excluding ortho intramolecular Hbond substituents is 2. The monoisotopic (exact) mass is 1920 g/mol. The summed E-state index contributed by atoms with van der Waals surface area (Å²) in [5, 5.41) is 92.2. The van der Waals surface area contributed by atoms with E-state index in [4.69, 9.17) is 32.1 Å². The molecule has 0 radical (unpaired) electrons. The number of aromatic hydroxyl groups is 2. The molecule has 0 unspecified atom stereocenters. The number of aromatic nitrogens is 4. The molecule has 137 heavy (non-hydrogen) atoms. The molecule has 18 amide bonds. The number of carbonyl (C=O) groups is 21. The van der Waals surface area contributed by atoms with E-state index in [9.17, 15) is 126 Å². The highest BCUT2D eigenvalue weighted by Gasteiger charge is 2.54. The maximum absolute atomic E-state index is 14.3. The number of phenols is 2. The molecule has 0 aliphatic carbocycles. The molecule has 4 heterocycles. The maximum atomic E-state index is 14.3. The number of hydrogen-bond donors (Lipinski definition) is 28. The Hall–Kier alpha value is -16.6. The van der Waals surface area contributed by atoms with Crippen LogP contribution < -0.4 is 113 Å². The summed E-state index contributed by atoms with van der Waals surface area (Å²) in [5.74, 6) is -24.7. The minimum atomic E-state index is -1.99. The van der Waals surface area contributed by atoms with Crippen molar-refractivity contribution >= 4 is 130 Å². The number of aromatic amines is 2. The Morgan fingerprint density at radius 1 is 0.460 bits per heavy atom. The van der Waals surface area contributed by atoms with Gasteiger partial charge in [-0.3, -0.25) is 97.1 Å². The number of rotatable bonds is 51. The molecule has 7 rings (SSSR count). The number of esters is 1. The second kappa shape index (κ2) is 49.8. The number of fused-ring (bicyclic) bond motifs is 6. The number of ether oxygens (including phenoxy) is 2. The van der Waals surface area contributed by atoms with Gasteiger partial charge in [-0.1, -0.05) is 34.1 Å². The highest BCUT2D eigenvalue weighted by atomic mass is 16.6. The number of nitrogens with two attached hydrogens (primary N) is 3. The first kappa shape index (κ1) is 107. The number of carboxylic acids is 3. The van der Waals surface area contributed by atoms with Gasteiger partial charge in [0, 0.05) is 85.4 Å².